The molecule has 114 valence electrons. The smallest absolute Gasteiger partial charge is 0.136 e. The van der Waals surface area contributed by atoms with Gasteiger partial charge in [-0.15, -0.1) is 0 Å². The van der Waals surface area contributed by atoms with Crippen molar-refractivity contribution in [2.45, 2.75) is 0 Å². The van der Waals surface area contributed by atoms with Crippen LogP contribution in [0.5, 0.6) is 0 Å². The average molecular weight is 311 g/mol. The van der Waals surface area contributed by atoms with Gasteiger partial charge in [0.25, 0.3) is 0 Å². The van der Waals surface area contributed by atoms with Crippen molar-refractivity contribution in [3.63, 3.8) is 0 Å². The number of benzene rings is 2. The maximum Gasteiger partial charge on any atom is 0.136 e. The molecule has 0 aliphatic heterocycles. The zero-order chi connectivity index (χ0) is 15.9. The third-order valence-corrected chi connectivity index (χ3v) is 4.17. The molecular weight excluding hydrogens is 298 g/mol. The molecule has 4 heteroatoms. The fraction of sp³-hybridized carbons (Fsp3) is 0. The molecule has 2 aromatic carbocycles. The summed E-state index contributed by atoms with van der Waals surface area (Å²) in [4.78, 5) is 13.0. The van der Waals surface area contributed by atoms with Crippen LogP contribution < -0.4 is 0 Å². The maximum absolute atomic E-state index is 5.59. The van der Waals surface area contributed by atoms with Crippen LogP contribution in [0.1, 0.15) is 0 Å². The minimum absolute atomic E-state index is 0.794. The lowest BCUT2D eigenvalue weighted by Crippen LogP contribution is -1.93. The van der Waals surface area contributed by atoms with E-state index in [1.54, 1.807) is 6.26 Å². The molecule has 3 heterocycles. The van der Waals surface area contributed by atoms with Gasteiger partial charge < -0.3 is 9.40 Å². The van der Waals surface area contributed by atoms with Crippen molar-refractivity contribution in [3.05, 3.63) is 73.1 Å². The van der Waals surface area contributed by atoms with Crippen LogP contribution in [0.25, 0.3) is 44.6 Å². The van der Waals surface area contributed by atoms with E-state index in [1.165, 1.54) is 0 Å². The minimum atomic E-state index is 0.794. The Morgan fingerprint density at radius 1 is 0.708 bits per heavy atom. The highest BCUT2D eigenvalue weighted by atomic mass is 16.3. The number of H-pyrrole nitrogens is 1. The fourth-order valence-corrected chi connectivity index (χ4v) is 3.05. The third-order valence-electron chi connectivity index (χ3n) is 4.17. The summed E-state index contributed by atoms with van der Waals surface area (Å²) in [6.45, 7) is 0. The number of nitrogens with zero attached hydrogens (tertiary/aromatic N) is 2. The van der Waals surface area contributed by atoms with Gasteiger partial charge in [-0.2, -0.15) is 0 Å². The van der Waals surface area contributed by atoms with Crippen LogP contribution in [0.2, 0.25) is 0 Å². The van der Waals surface area contributed by atoms with Crippen molar-refractivity contribution >= 4 is 22.1 Å². The summed E-state index contributed by atoms with van der Waals surface area (Å²) in [6, 6.07) is 19.9. The highest BCUT2D eigenvalue weighted by Gasteiger charge is 2.15. The lowest BCUT2D eigenvalue weighted by atomic mass is 10.0. The first-order valence-corrected chi connectivity index (χ1v) is 7.77. The topological polar surface area (TPSA) is 54.7 Å². The Labute approximate surface area is 137 Å². The molecule has 0 unspecified atom stereocenters. The summed E-state index contributed by atoms with van der Waals surface area (Å²) >= 11 is 0. The molecule has 5 aromatic rings. The summed E-state index contributed by atoms with van der Waals surface area (Å²) in [5, 5.41) is 0. The Bertz CT molecular complexity index is 1050. The van der Waals surface area contributed by atoms with Crippen molar-refractivity contribution < 1.29 is 4.42 Å². The van der Waals surface area contributed by atoms with E-state index < -0.39 is 0 Å². The SMILES string of the molecule is c1c[nH]c(-c2ccc(-c3ccco3)c3nc4ccccc4nc23)c1. The first kappa shape index (κ1) is 13.1. The quantitative estimate of drug-likeness (QED) is 0.465. The lowest BCUT2D eigenvalue weighted by Gasteiger charge is -2.09. The van der Waals surface area contributed by atoms with E-state index in [0.717, 1.165) is 44.6 Å². The van der Waals surface area contributed by atoms with Gasteiger partial charge in [0.1, 0.15) is 11.3 Å². The Kier molecular flexibility index (Phi) is 2.76. The van der Waals surface area contributed by atoms with Crippen LogP contribution in [-0.4, -0.2) is 15.0 Å². The molecule has 3 aromatic heterocycles. The normalized spacial score (nSPS) is 11.3. The molecule has 0 spiro atoms. The van der Waals surface area contributed by atoms with Crippen LogP contribution in [0.3, 0.4) is 0 Å². The van der Waals surface area contributed by atoms with Gasteiger partial charge in [-0.25, -0.2) is 9.97 Å². The van der Waals surface area contributed by atoms with Crippen molar-refractivity contribution in [1.82, 2.24) is 15.0 Å². The van der Waals surface area contributed by atoms with Crippen molar-refractivity contribution in [1.29, 1.82) is 0 Å². The summed E-state index contributed by atoms with van der Waals surface area (Å²) in [7, 11) is 0. The van der Waals surface area contributed by atoms with Gasteiger partial charge in [-0.3, -0.25) is 0 Å². The number of rotatable bonds is 2. The number of nitrogens with one attached hydrogen (secondary N) is 1. The van der Waals surface area contributed by atoms with Crippen LogP contribution in [-0.2, 0) is 0 Å². The number of furan rings is 1. The predicted molar refractivity (Wildman–Crippen MR) is 94.5 cm³/mol. The molecule has 1 N–H and O–H groups in total. The first-order valence-electron chi connectivity index (χ1n) is 7.77. The molecule has 0 atom stereocenters. The largest absolute Gasteiger partial charge is 0.464 e. The van der Waals surface area contributed by atoms with Gasteiger partial charge in [0.15, 0.2) is 0 Å². The Morgan fingerprint density at radius 2 is 1.46 bits per heavy atom. The second kappa shape index (κ2) is 5.06. The van der Waals surface area contributed by atoms with Gasteiger partial charge in [0.2, 0.25) is 0 Å². The van der Waals surface area contributed by atoms with Crippen molar-refractivity contribution in [2.24, 2.45) is 0 Å². The van der Waals surface area contributed by atoms with E-state index in [1.807, 2.05) is 60.8 Å². The summed E-state index contributed by atoms with van der Waals surface area (Å²) in [6.07, 6.45) is 3.59. The zero-order valence-corrected chi connectivity index (χ0v) is 12.7. The first-order chi connectivity index (χ1) is 11.9. The molecule has 4 nitrogen and oxygen atoms in total. The molecule has 24 heavy (non-hydrogen) atoms. The van der Waals surface area contributed by atoms with Gasteiger partial charge in [-0.05, 0) is 48.5 Å². The highest BCUT2D eigenvalue weighted by Crippen LogP contribution is 2.34. The standard InChI is InChI=1S/C20H13N3O/c1-2-6-17-16(5-1)22-19-13(15-7-3-11-21-15)9-10-14(20(19)23-17)18-8-4-12-24-18/h1-12,21H. The van der Waals surface area contributed by atoms with Crippen LogP contribution in [0.4, 0.5) is 0 Å². The molecule has 0 saturated heterocycles. The zero-order valence-electron chi connectivity index (χ0n) is 12.7. The van der Waals surface area contributed by atoms with Crippen LogP contribution >= 0.6 is 0 Å². The van der Waals surface area contributed by atoms with E-state index in [4.69, 9.17) is 14.4 Å². The highest BCUT2D eigenvalue weighted by molar-refractivity contribution is 6.02. The number of hydrogen-bond acceptors (Lipinski definition) is 3. The second-order valence-electron chi connectivity index (χ2n) is 5.63. The molecule has 0 fully saturated rings. The van der Waals surface area contributed by atoms with Crippen molar-refractivity contribution in [2.75, 3.05) is 0 Å². The Morgan fingerprint density at radius 3 is 2.12 bits per heavy atom. The van der Waals surface area contributed by atoms with Crippen molar-refractivity contribution in [3.8, 4) is 22.6 Å². The Balaban J connectivity index is 1.93. The van der Waals surface area contributed by atoms with Gasteiger partial charge in [-0.1, -0.05) is 12.1 Å². The predicted octanol–water partition coefficient (Wildman–Crippen LogP) is 5.04. The number of para-hydroxylation sites is 2. The molecule has 0 aliphatic rings. The lowest BCUT2D eigenvalue weighted by molar-refractivity contribution is 0.583. The van der Waals surface area contributed by atoms with Gasteiger partial charge >= 0.3 is 0 Å². The van der Waals surface area contributed by atoms with Gasteiger partial charge in [0.05, 0.1) is 22.8 Å². The molecule has 0 bridgehead atoms. The van der Waals surface area contributed by atoms with Gasteiger partial charge in [0, 0.05) is 23.0 Å². The number of aromatic amines is 1. The van der Waals surface area contributed by atoms with Crippen LogP contribution in [0, 0.1) is 0 Å². The maximum atomic E-state index is 5.59. The number of fused-ring (bicyclic) bond motifs is 2. The molecule has 0 radical (unpaired) electrons. The third kappa shape index (κ3) is 1.93. The summed E-state index contributed by atoms with van der Waals surface area (Å²) in [5.74, 6) is 0.794. The fourth-order valence-electron chi connectivity index (χ4n) is 3.05. The van der Waals surface area contributed by atoms with Crippen LogP contribution in [0.15, 0.2) is 77.5 Å². The molecular formula is C20H13N3O. The van der Waals surface area contributed by atoms with E-state index >= 15 is 0 Å². The number of hydrogen-bond donors (Lipinski definition) is 1. The van der Waals surface area contributed by atoms with E-state index in [-0.39, 0.29) is 0 Å². The number of aromatic nitrogens is 3. The molecule has 5 rings (SSSR count). The average Bonchev–Trinajstić information content (AvgIpc) is 3.32. The molecule has 0 amide bonds. The molecule has 0 aliphatic carbocycles. The van der Waals surface area contributed by atoms with E-state index in [2.05, 4.69) is 11.1 Å². The molecule has 0 saturated carbocycles. The minimum Gasteiger partial charge on any atom is -0.464 e. The second-order valence-corrected chi connectivity index (χ2v) is 5.63. The monoisotopic (exact) mass is 311 g/mol. The summed E-state index contributed by atoms with van der Waals surface area (Å²) in [5.41, 5.74) is 6.47. The van der Waals surface area contributed by atoms with E-state index in [0.29, 0.717) is 0 Å². The Hall–Kier alpha value is -3.40. The summed E-state index contributed by atoms with van der Waals surface area (Å²) < 4.78 is 5.59. The van der Waals surface area contributed by atoms with E-state index in [9.17, 15) is 0 Å².